The van der Waals surface area contributed by atoms with Crippen molar-refractivity contribution in [1.82, 2.24) is 0 Å². The van der Waals surface area contributed by atoms with E-state index < -0.39 is 34.9 Å². The Morgan fingerprint density at radius 2 is 0.900 bits per heavy atom. The van der Waals surface area contributed by atoms with E-state index in [9.17, 15) is 7.15 Å². The van der Waals surface area contributed by atoms with Gasteiger partial charge in [-0.05, 0) is 0 Å². The van der Waals surface area contributed by atoms with Gasteiger partial charge in [0.15, 0.2) is 0 Å². The minimum absolute atomic E-state index is 0. The van der Waals surface area contributed by atoms with Crippen LogP contribution in [0.5, 0.6) is 0 Å². The first-order valence-corrected chi connectivity index (χ1v) is 3.22. The molecule has 0 amide bonds. The normalized spacial score (nSPS) is 4.80. The van der Waals surface area contributed by atoms with E-state index in [-0.39, 0.29) is 27.4 Å². The van der Waals surface area contributed by atoms with Crippen molar-refractivity contribution in [2.45, 2.75) is 0 Å². The van der Waals surface area contributed by atoms with E-state index in [0.29, 0.717) is 0 Å². The van der Waals surface area contributed by atoms with E-state index in [1.54, 1.807) is 0 Å². The van der Waals surface area contributed by atoms with Crippen LogP contribution in [0.1, 0.15) is 0 Å². The molecular formula is H10O8Rh2. The van der Waals surface area contributed by atoms with Gasteiger partial charge in [-0.1, -0.05) is 0 Å². The summed E-state index contributed by atoms with van der Waals surface area (Å²) < 4.78 is 22.3. The second-order valence-corrected chi connectivity index (χ2v) is 2.24. The molecule has 0 saturated carbocycles. The molecule has 10 heteroatoms. The van der Waals surface area contributed by atoms with Gasteiger partial charge >= 0.3 is 44.4 Å². The van der Waals surface area contributed by atoms with Gasteiger partial charge < -0.3 is 27.4 Å². The Morgan fingerprint density at radius 1 is 0.700 bits per heavy atom. The average molecular weight is 344 g/mol. The first kappa shape index (κ1) is 46.1. The van der Waals surface area contributed by atoms with Crippen molar-refractivity contribution in [2.75, 3.05) is 0 Å². The molecule has 0 rings (SSSR count). The summed E-state index contributed by atoms with van der Waals surface area (Å²) in [7, 11) is 0. The Balaban J connectivity index is -0.00000000800. The van der Waals surface area contributed by atoms with Crippen LogP contribution in [0.15, 0.2) is 0 Å². The molecule has 0 radical (unpaired) electrons. The number of rotatable bonds is 2. The van der Waals surface area contributed by atoms with Crippen LogP contribution in [0.3, 0.4) is 0 Å². The molecule has 0 aromatic rings. The molecule has 0 aliphatic rings. The Hall–Kier alpha value is 0.607. The second-order valence-electron chi connectivity index (χ2n) is 0.156. The predicted molar refractivity (Wildman–Crippen MR) is 20.5 cm³/mol. The molecule has 10 heavy (non-hydrogen) atoms. The van der Waals surface area contributed by atoms with Crippen molar-refractivity contribution >= 4 is 0 Å². The topological polar surface area (TPSA) is 201 Å². The molecule has 0 bridgehead atoms. The fourth-order valence-electron chi connectivity index (χ4n) is 0.00756. The van der Waals surface area contributed by atoms with Gasteiger partial charge in [-0.25, -0.2) is 0 Å². The summed E-state index contributed by atoms with van der Waals surface area (Å²) in [5.41, 5.74) is 0. The first-order chi connectivity index (χ1) is 2.41. The summed E-state index contributed by atoms with van der Waals surface area (Å²) in [5.74, 6) is 0. The van der Waals surface area contributed by atoms with Gasteiger partial charge in [0.1, 0.15) is 0 Å². The predicted octanol–water partition coefficient (Wildman–Crippen LogP) is -4.43. The summed E-state index contributed by atoms with van der Waals surface area (Å²) in [6.45, 7) is 0. The SMILES string of the molecule is O.O.O.O.O.[O]=[Rh][O][Rh]=[O]. The maximum absolute atomic E-state index is 9.20. The van der Waals surface area contributed by atoms with Crippen LogP contribution in [0.2, 0.25) is 0 Å². The molecule has 0 aromatic carbocycles. The first-order valence-electron chi connectivity index (χ1n) is 0.544. The second kappa shape index (κ2) is 54.7. The summed E-state index contributed by atoms with van der Waals surface area (Å²) in [4.78, 5) is 0. The van der Waals surface area contributed by atoms with Gasteiger partial charge in [0, 0.05) is 0 Å². The van der Waals surface area contributed by atoms with Gasteiger partial charge in [-0.3, -0.25) is 0 Å². The van der Waals surface area contributed by atoms with Crippen LogP contribution in [-0.2, 0) is 44.4 Å². The molecule has 76 valence electrons. The quantitative estimate of drug-likeness (QED) is 0.456. The molecular weight excluding hydrogens is 334 g/mol. The zero-order chi connectivity index (χ0) is 4.12. The third kappa shape index (κ3) is 73.3. The van der Waals surface area contributed by atoms with Gasteiger partial charge in [0.2, 0.25) is 0 Å². The Labute approximate surface area is 72.0 Å². The average Bonchev–Trinajstić information content (AvgIpc) is 1.41. The fourth-order valence-corrected chi connectivity index (χ4v) is 0.265. The zero-order valence-electron chi connectivity index (χ0n) is 4.39. The van der Waals surface area contributed by atoms with Crippen LogP contribution in [0.25, 0.3) is 0 Å². The van der Waals surface area contributed by atoms with Crippen LogP contribution in [0, 0.1) is 0 Å². The fraction of sp³-hybridized carbons (Fsp3) is 0. The van der Waals surface area contributed by atoms with Crippen LogP contribution in [0.4, 0.5) is 0 Å². The van der Waals surface area contributed by atoms with E-state index in [0.717, 1.165) is 0 Å². The molecule has 0 aliphatic carbocycles. The van der Waals surface area contributed by atoms with Crippen molar-refractivity contribution in [3.8, 4) is 0 Å². The Kier molecular flexibility index (Phi) is 252. The van der Waals surface area contributed by atoms with Crippen molar-refractivity contribution in [2.24, 2.45) is 0 Å². The zero-order valence-corrected chi connectivity index (χ0v) is 7.67. The molecule has 8 nitrogen and oxygen atoms in total. The molecule has 0 spiro atoms. The molecule has 0 fully saturated rings. The molecule has 10 N–H and O–H groups in total. The molecule has 0 saturated heterocycles. The Morgan fingerprint density at radius 3 is 0.900 bits per heavy atom. The van der Waals surface area contributed by atoms with Crippen molar-refractivity contribution in [3.05, 3.63) is 0 Å². The third-order valence-electron chi connectivity index (χ3n) is 0.0370. The monoisotopic (exact) mass is 344 g/mol. The number of hydrogen-bond donors (Lipinski definition) is 0. The third-order valence-corrected chi connectivity index (χ3v) is 1.30. The molecule has 0 atom stereocenters. The van der Waals surface area contributed by atoms with Crippen molar-refractivity contribution < 1.29 is 71.8 Å². The van der Waals surface area contributed by atoms with Crippen LogP contribution >= 0.6 is 0 Å². The van der Waals surface area contributed by atoms with Gasteiger partial charge in [0.05, 0.1) is 0 Å². The van der Waals surface area contributed by atoms with Crippen molar-refractivity contribution in [1.29, 1.82) is 0 Å². The molecule has 0 heterocycles. The standard InChI is InChI=1S/5H2O.3O.2Rh/h5*1H2;;;;;. The summed E-state index contributed by atoms with van der Waals surface area (Å²) in [5, 5.41) is 0. The van der Waals surface area contributed by atoms with Gasteiger partial charge in [0.25, 0.3) is 0 Å². The number of hydrogen-bond acceptors (Lipinski definition) is 3. The molecule has 0 unspecified atom stereocenters. The Bertz CT molecular complexity index is 36.5. The molecule has 0 aliphatic heterocycles. The minimum atomic E-state index is -1.16. The maximum atomic E-state index is 9.20. The van der Waals surface area contributed by atoms with Crippen LogP contribution in [-0.4, -0.2) is 27.4 Å². The van der Waals surface area contributed by atoms with E-state index in [4.69, 9.17) is 0 Å². The summed E-state index contributed by atoms with van der Waals surface area (Å²) >= 11 is -2.31. The van der Waals surface area contributed by atoms with Crippen LogP contribution < -0.4 is 0 Å². The van der Waals surface area contributed by atoms with Gasteiger partial charge in [-0.2, -0.15) is 0 Å². The van der Waals surface area contributed by atoms with E-state index in [2.05, 4.69) is 2.39 Å². The summed E-state index contributed by atoms with van der Waals surface area (Å²) in [6, 6.07) is 0. The van der Waals surface area contributed by atoms with E-state index in [1.165, 1.54) is 0 Å². The summed E-state index contributed by atoms with van der Waals surface area (Å²) in [6.07, 6.45) is 0. The van der Waals surface area contributed by atoms with E-state index >= 15 is 0 Å². The molecule has 0 aromatic heterocycles. The van der Waals surface area contributed by atoms with Gasteiger partial charge in [-0.15, -0.1) is 0 Å². The van der Waals surface area contributed by atoms with E-state index in [1.807, 2.05) is 0 Å². The van der Waals surface area contributed by atoms with Crippen molar-refractivity contribution in [3.63, 3.8) is 0 Å².